The van der Waals surface area contributed by atoms with Gasteiger partial charge in [-0.3, -0.25) is 0 Å². The van der Waals surface area contributed by atoms with Crippen LogP contribution in [0.2, 0.25) is 0 Å². The lowest BCUT2D eigenvalue weighted by Crippen LogP contribution is -2.05. The largest absolute Gasteiger partial charge is 0.519 e. The molecule has 106 valence electrons. The van der Waals surface area contributed by atoms with Gasteiger partial charge in [-0.2, -0.15) is 0 Å². The SMILES string of the molecule is C=C/C=C\C(=C/C=C)OC(=O)OC(/C=C\C)=C/C=C\C. The van der Waals surface area contributed by atoms with Gasteiger partial charge in [-0.15, -0.1) is 0 Å². The minimum atomic E-state index is -0.819. The van der Waals surface area contributed by atoms with Crippen molar-refractivity contribution in [2.45, 2.75) is 13.8 Å². The fourth-order valence-electron chi connectivity index (χ4n) is 1.09. The molecule has 0 aliphatic heterocycles. The molecule has 0 atom stereocenters. The van der Waals surface area contributed by atoms with Gasteiger partial charge in [-0.05, 0) is 38.2 Å². The lowest BCUT2D eigenvalue weighted by Gasteiger charge is -2.06. The van der Waals surface area contributed by atoms with Gasteiger partial charge in [-0.25, -0.2) is 4.79 Å². The molecule has 0 aromatic rings. The second-order valence-electron chi connectivity index (χ2n) is 3.45. The van der Waals surface area contributed by atoms with Crippen LogP contribution in [0.5, 0.6) is 0 Å². The molecule has 0 amide bonds. The van der Waals surface area contributed by atoms with E-state index in [-0.39, 0.29) is 0 Å². The summed E-state index contributed by atoms with van der Waals surface area (Å²) in [6.07, 6.45) is 15.7. The van der Waals surface area contributed by atoms with Gasteiger partial charge in [0, 0.05) is 0 Å². The Labute approximate surface area is 120 Å². The zero-order valence-electron chi connectivity index (χ0n) is 11.9. The molecule has 3 nitrogen and oxygen atoms in total. The Kier molecular flexibility index (Phi) is 10.1. The molecule has 0 radical (unpaired) electrons. The molecule has 0 aromatic carbocycles. The van der Waals surface area contributed by atoms with Crippen LogP contribution in [0.25, 0.3) is 0 Å². The Morgan fingerprint density at radius 3 is 2.00 bits per heavy atom. The molecule has 0 heterocycles. The van der Waals surface area contributed by atoms with Gasteiger partial charge in [0.1, 0.15) is 11.5 Å². The van der Waals surface area contributed by atoms with E-state index >= 15 is 0 Å². The van der Waals surface area contributed by atoms with Gasteiger partial charge in [0.25, 0.3) is 0 Å². The van der Waals surface area contributed by atoms with E-state index in [9.17, 15) is 4.79 Å². The average Bonchev–Trinajstić information content (AvgIpc) is 2.42. The molecule has 3 heteroatoms. The van der Waals surface area contributed by atoms with Crippen molar-refractivity contribution in [2.75, 3.05) is 0 Å². The minimum Gasteiger partial charge on any atom is -0.395 e. The molecule has 0 rings (SSSR count). The van der Waals surface area contributed by atoms with E-state index in [2.05, 4.69) is 13.2 Å². The van der Waals surface area contributed by atoms with Crippen LogP contribution < -0.4 is 0 Å². The lowest BCUT2D eigenvalue weighted by atomic mass is 10.3. The minimum absolute atomic E-state index is 0.316. The smallest absolute Gasteiger partial charge is 0.395 e. The summed E-state index contributed by atoms with van der Waals surface area (Å²) in [5.74, 6) is 0.706. The Morgan fingerprint density at radius 1 is 0.850 bits per heavy atom. The highest BCUT2D eigenvalue weighted by atomic mass is 16.7. The molecule has 0 spiro atoms. The topological polar surface area (TPSA) is 35.5 Å². The summed E-state index contributed by atoms with van der Waals surface area (Å²) in [6.45, 7) is 10.8. The molecule has 0 unspecified atom stereocenters. The van der Waals surface area contributed by atoms with E-state index in [0.29, 0.717) is 11.5 Å². The molecule has 0 fully saturated rings. The van der Waals surface area contributed by atoms with Crippen molar-refractivity contribution >= 4 is 6.16 Å². The molecule has 0 aliphatic carbocycles. The van der Waals surface area contributed by atoms with E-state index in [1.54, 1.807) is 48.6 Å². The van der Waals surface area contributed by atoms with E-state index in [1.165, 1.54) is 6.08 Å². The summed E-state index contributed by atoms with van der Waals surface area (Å²) in [5.41, 5.74) is 0. The van der Waals surface area contributed by atoms with E-state index in [0.717, 1.165) is 0 Å². The van der Waals surface area contributed by atoms with Crippen molar-refractivity contribution in [3.05, 3.63) is 85.4 Å². The van der Waals surface area contributed by atoms with Crippen molar-refractivity contribution in [2.24, 2.45) is 0 Å². The van der Waals surface area contributed by atoms with Crippen LogP contribution >= 0.6 is 0 Å². The highest BCUT2D eigenvalue weighted by molar-refractivity contribution is 5.64. The van der Waals surface area contributed by atoms with Gasteiger partial charge in [0.15, 0.2) is 0 Å². The third-order valence-electron chi connectivity index (χ3n) is 1.86. The normalized spacial score (nSPS) is 13.1. The van der Waals surface area contributed by atoms with Gasteiger partial charge in [-0.1, -0.05) is 49.6 Å². The van der Waals surface area contributed by atoms with Crippen LogP contribution in [-0.2, 0) is 9.47 Å². The van der Waals surface area contributed by atoms with Crippen molar-refractivity contribution < 1.29 is 14.3 Å². The van der Waals surface area contributed by atoms with Crippen LogP contribution in [0.4, 0.5) is 4.79 Å². The number of ether oxygens (including phenoxy) is 2. The lowest BCUT2D eigenvalue weighted by molar-refractivity contribution is 0.108. The zero-order chi connectivity index (χ0) is 15.2. The number of hydrogen-bond acceptors (Lipinski definition) is 3. The average molecular weight is 272 g/mol. The first kappa shape index (κ1) is 17.4. The van der Waals surface area contributed by atoms with Gasteiger partial charge in [0.2, 0.25) is 0 Å². The predicted molar refractivity (Wildman–Crippen MR) is 82.9 cm³/mol. The van der Waals surface area contributed by atoms with Gasteiger partial charge >= 0.3 is 6.16 Å². The molecule has 0 saturated heterocycles. The predicted octanol–water partition coefficient (Wildman–Crippen LogP) is 4.99. The third-order valence-corrected chi connectivity index (χ3v) is 1.86. The molecule has 0 bridgehead atoms. The fraction of sp³-hybridized carbons (Fsp3) is 0.118. The second kappa shape index (κ2) is 11.5. The molecular formula is C17H20O3. The molecular weight excluding hydrogens is 252 g/mol. The molecule has 0 saturated carbocycles. The standard InChI is InChI=1S/C17H20O3/c1-5-9-13-15(11-7-3)19-17(18)20-16(12-8-4)14-10-6-2/h5-14H,1,3H2,2,4H3/b10-6-,12-8-,13-9-,15-11+,16-14+. The first-order valence-corrected chi connectivity index (χ1v) is 6.15. The first-order chi connectivity index (χ1) is 9.67. The van der Waals surface area contributed by atoms with Crippen molar-refractivity contribution in [3.8, 4) is 0 Å². The van der Waals surface area contributed by atoms with Crippen LogP contribution in [0.15, 0.2) is 85.4 Å². The van der Waals surface area contributed by atoms with Crippen LogP contribution in [0.1, 0.15) is 13.8 Å². The maximum atomic E-state index is 11.7. The van der Waals surface area contributed by atoms with E-state index < -0.39 is 6.16 Å². The summed E-state index contributed by atoms with van der Waals surface area (Å²) in [4.78, 5) is 11.7. The van der Waals surface area contributed by atoms with Crippen LogP contribution in [0, 0.1) is 0 Å². The first-order valence-electron chi connectivity index (χ1n) is 6.15. The van der Waals surface area contributed by atoms with Crippen molar-refractivity contribution in [1.82, 2.24) is 0 Å². The van der Waals surface area contributed by atoms with Gasteiger partial charge in [0.05, 0.1) is 0 Å². The molecule has 20 heavy (non-hydrogen) atoms. The number of carbonyl (C=O) groups excluding carboxylic acids is 1. The van der Waals surface area contributed by atoms with Crippen molar-refractivity contribution in [3.63, 3.8) is 0 Å². The van der Waals surface area contributed by atoms with Gasteiger partial charge < -0.3 is 9.47 Å². The maximum absolute atomic E-state index is 11.7. The van der Waals surface area contributed by atoms with E-state index in [4.69, 9.17) is 9.47 Å². The van der Waals surface area contributed by atoms with E-state index in [1.807, 2.05) is 19.9 Å². The monoisotopic (exact) mass is 272 g/mol. The summed E-state index contributed by atoms with van der Waals surface area (Å²) in [7, 11) is 0. The number of rotatable bonds is 7. The quantitative estimate of drug-likeness (QED) is 0.372. The summed E-state index contributed by atoms with van der Waals surface area (Å²) < 4.78 is 10.1. The summed E-state index contributed by atoms with van der Waals surface area (Å²) in [5, 5.41) is 0. The summed E-state index contributed by atoms with van der Waals surface area (Å²) >= 11 is 0. The Hall–Kier alpha value is -2.55. The second-order valence-corrected chi connectivity index (χ2v) is 3.45. The highest BCUT2D eigenvalue weighted by Gasteiger charge is 2.07. The Morgan fingerprint density at radius 2 is 1.50 bits per heavy atom. The summed E-state index contributed by atoms with van der Waals surface area (Å²) in [6, 6.07) is 0. The highest BCUT2D eigenvalue weighted by Crippen LogP contribution is 2.08. The van der Waals surface area contributed by atoms with Crippen molar-refractivity contribution in [1.29, 1.82) is 0 Å². The number of allylic oxidation sites excluding steroid dienone is 10. The third kappa shape index (κ3) is 8.53. The zero-order valence-corrected chi connectivity index (χ0v) is 11.9. The fourth-order valence-corrected chi connectivity index (χ4v) is 1.09. The number of carbonyl (C=O) groups is 1. The van der Waals surface area contributed by atoms with Crippen LogP contribution in [-0.4, -0.2) is 6.16 Å². The maximum Gasteiger partial charge on any atom is 0.519 e. The number of hydrogen-bond donors (Lipinski definition) is 0. The Balaban J connectivity index is 4.80. The Bertz CT molecular complexity index is 468. The molecule has 0 aromatic heterocycles. The van der Waals surface area contributed by atoms with Crippen LogP contribution in [0.3, 0.4) is 0 Å². The molecule has 0 aliphatic rings. The molecule has 0 N–H and O–H groups in total.